The van der Waals surface area contributed by atoms with Crippen LogP contribution in [0.3, 0.4) is 0 Å². The van der Waals surface area contributed by atoms with Crippen LogP contribution in [0, 0.1) is 6.92 Å². The molecule has 1 aliphatic carbocycles. The summed E-state index contributed by atoms with van der Waals surface area (Å²) in [6, 6.07) is 13.7. The summed E-state index contributed by atoms with van der Waals surface area (Å²) < 4.78 is 27.8. The minimum absolute atomic E-state index is 0. The van der Waals surface area contributed by atoms with Crippen LogP contribution in [0.15, 0.2) is 47.4 Å². The Bertz CT molecular complexity index is 980. The molecule has 2 aromatic rings. The number of nitrogens with zero attached hydrogens (tertiary/aromatic N) is 2. The van der Waals surface area contributed by atoms with Crippen molar-refractivity contribution in [2.24, 2.45) is 0 Å². The van der Waals surface area contributed by atoms with E-state index in [-0.39, 0.29) is 29.1 Å². The first-order valence-electron chi connectivity index (χ1n) is 9.95. The summed E-state index contributed by atoms with van der Waals surface area (Å²) in [5, 5.41) is 9.91. The van der Waals surface area contributed by atoms with Crippen molar-refractivity contribution >= 4 is 22.4 Å². The third-order valence-electron chi connectivity index (χ3n) is 6.48. The lowest BCUT2D eigenvalue weighted by Crippen LogP contribution is -2.40. The van der Waals surface area contributed by atoms with Crippen molar-refractivity contribution in [3.8, 4) is 5.75 Å². The molecule has 7 heteroatoms. The van der Waals surface area contributed by atoms with Crippen LogP contribution in [0.5, 0.6) is 5.75 Å². The van der Waals surface area contributed by atoms with Gasteiger partial charge in [0.1, 0.15) is 5.75 Å². The number of fused-ring (bicyclic) bond motifs is 1. The molecule has 1 aliphatic heterocycles. The minimum atomic E-state index is -3.62. The highest BCUT2D eigenvalue weighted by Gasteiger charge is 2.37. The van der Waals surface area contributed by atoms with E-state index < -0.39 is 10.0 Å². The summed E-state index contributed by atoms with van der Waals surface area (Å²) in [5.74, 6) is 0.0192. The number of sulfonamides is 1. The molecule has 0 spiro atoms. The van der Waals surface area contributed by atoms with Crippen LogP contribution in [0.1, 0.15) is 36.0 Å². The Morgan fingerprint density at radius 1 is 1.07 bits per heavy atom. The number of aromatic hydroxyl groups is 1. The molecule has 4 rings (SSSR count). The molecule has 1 saturated carbocycles. The summed E-state index contributed by atoms with van der Waals surface area (Å²) in [5.41, 5.74) is 3.25. The molecule has 0 radical (unpaired) electrons. The Hall–Kier alpha value is -1.60. The Labute approximate surface area is 179 Å². The quantitative estimate of drug-likeness (QED) is 0.793. The van der Waals surface area contributed by atoms with E-state index in [1.807, 2.05) is 0 Å². The van der Waals surface area contributed by atoms with Gasteiger partial charge in [-0.3, -0.25) is 4.90 Å². The standard InChI is InChI=1S/C22H28N2O3S.ClH/c1-16-21(25)8-5-9-22(16)28(26,27)23(2)19-10-11-20(14-19)24-13-12-17-6-3-4-7-18(17)15-24;/h3-9,19-20,25H,10-15H2,1-2H3;1H/t19-,20+;/m1./s1. The summed E-state index contributed by atoms with van der Waals surface area (Å²) in [7, 11) is -1.95. The zero-order valence-electron chi connectivity index (χ0n) is 16.9. The first-order valence-corrected chi connectivity index (χ1v) is 11.4. The van der Waals surface area contributed by atoms with E-state index in [1.165, 1.54) is 21.5 Å². The molecule has 1 fully saturated rings. The Balaban J connectivity index is 0.00000240. The number of benzene rings is 2. The molecule has 0 amide bonds. The molecule has 1 heterocycles. The van der Waals surface area contributed by atoms with Crippen LogP contribution >= 0.6 is 12.4 Å². The second-order valence-corrected chi connectivity index (χ2v) is 10.00. The predicted octanol–water partition coefficient (Wildman–Crippen LogP) is 3.72. The number of phenols is 1. The van der Waals surface area contributed by atoms with Crippen LogP contribution in [-0.4, -0.2) is 48.4 Å². The molecule has 5 nitrogen and oxygen atoms in total. The van der Waals surface area contributed by atoms with Crippen molar-refractivity contribution in [1.29, 1.82) is 0 Å². The molecule has 29 heavy (non-hydrogen) atoms. The molecule has 1 N–H and O–H groups in total. The van der Waals surface area contributed by atoms with Gasteiger partial charge >= 0.3 is 0 Å². The van der Waals surface area contributed by atoms with Crippen LogP contribution in [0.4, 0.5) is 0 Å². The molecule has 158 valence electrons. The summed E-state index contributed by atoms with van der Waals surface area (Å²) in [6.07, 6.45) is 3.81. The van der Waals surface area contributed by atoms with E-state index in [4.69, 9.17) is 0 Å². The SMILES string of the molecule is Cc1c(O)cccc1S(=O)(=O)N(C)[C@@H]1CC[C@H](N2CCc3ccccc3C2)C1.Cl. The maximum atomic E-state index is 13.1. The van der Waals surface area contributed by atoms with E-state index >= 15 is 0 Å². The molecule has 2 aromatic carbocycles. The Morgan fingerprint density at radius 2 is 1.79 bits per heavy atom. The molecule has 0 bridgehead atoms. The molecular formula is C22H29ClN2O3S. The van der Waals surface area contributed by atoms with Gasteiger partial charge in [0, 0.05) is 37.8 Å². The molecule has 0 aromatic heterocycles. The van der Waals surface area contributed by atoms with Crippen molar-refractivity contribution in [2.75, 3.05) is 13.6 Å². The van der Waals surface area contributed by atoms with Gasteiger partial charge in [-0.05, 0) is 55.9 Å². The van der Waals surface area contributed by atoms with E-state index in [0.29, 0.717) is 11.6 Å². The van der Waals surface area contributed by atoms with E-state index in [2.05, 4.69) is 29.2 Å². The summed E-state index contributed by atoms with van der Waals surface area (Å²) in [6.45, 7) is 3.64. The fraction of sp³-hybridized carbons (Fsp3) is 0.455. The number of hydrogen-bond acceptors (Lipinski definition) is 4. The molecule has 2 aliphatic rings. The Kier molecular flexibility index (Phi) is 6.58. The van der Waals surface area contributed by atoms with Crippen molar-refractivity contribution < 1.29 is 13.5 Å². The minimum Gasteiger partial charge on any atom is -0.508 e. The second kappa shape index (κ2) is 8.64. The Morgan fingerprint density at radius 3 is 2.55 bits per heavy atom. The van der Waals surface area contributed by atoms with Gasteiger partial charge in [-0.1, -0.05) is 30.3 Å². The maximum absolute atomic E-state index is 13.1. The van der Waals surface area contributed by atoms with Gasteiger partial charge in [0.05, 0.1) is 4.90 Å². The number of phenolic OH excluding ortho intramolecular Hbond substituents is 1. The third-order valence-corrected chi connectivity index (χ3v) is 8.54. The van der Waals surface area contributed by atoms with Crippen molar-refractivity contribution in [1.82, 2.24) is 9.21 Å². The van der Waals surface area contributed by atoms with E-state index in [9.17, 15) is 13.5 Å². The second-order valence-electron chi connectivity index (χ2n) is 8.03. The van der Waals surface area contributed by atoms with Crippen LogP contribution in [0.2, 0.25) is 0 Å². The van der Waals surface area contributed by atoms with Gasteiger partial charge in [-0.15, -0.1) is 12.4 Å². The van der Waals surface area contributed by atoms with Crippen LogP contribution < -0.4 is 0 Å². The molecule has 2 atom stereocenters. The number of rotatable bonds is 4. The number of halogens is 1. The van der Waals surface area contributed by atoms with Gasteiger partial charge in [-0.2, -0.15) is 4.31 Å². The average Bonchev–Trinajstić information content (AvgIpc) is 3.19. The summed E-state index contributed by atoms with van der Waals surface area (Å²) in [4.78, 5) is 2.72. The normalized spacial score (nSPS) is 22.3. The van der Waals surface area contributed by atoms with Gasteiger partial charge in [0.2, 0.25) is 10.0 Å². The highest BCUT2D eigenvalue weighted by atomic mass is 35.5. The lowest BCUT2D eigenvalue weighted by Gasteiger charge is -2.34. The highest BCUT2D eigenvalue weighted by molar-refractivity contribution is 7.89. The van der Waals surface area contributed by atoms with E-state index in [1.54, 1.807) is 26.1 Å². The van der Waals surface area contributed by atoms with Crippen LogP contribution in [-0.2, 0) is 23.0 Å². The van der Waals surface area contributed by atoms with Crippen LogP contribution in [0.25, 0.3) is 0 Å². The predicted molar refractivity (Wildman–Crippen MR) is 117 cm³/mol. The number of hydrogen-bond donors (Lipinski definition) is 1. The highest BCUT2D eigenvalue weighted by Crippen LogP contribution is 2.34. The zero-order valence-corrected chi connectivity index (χ0v) is 18.5. The van der Waals surface area contributed by atoms with Gasteiger partial charge in [-0.25, -0.2) is 8.42 Å². The largest absolute Gasteiger partial charge is 0.508 e. The first kappa shape index (κ1) is 22.1. The third kappa shape index (κ3) is 4.17. The van der Waals surface area contributed by atoms with E-state index in [0.717, 1.165) is 38.8 Å². The maximum Gasteiger partial charge on any atom is 0.243 e. The average molecular weight is 437 g/mol. The lowest BCUT2D eigenvalue weighted by atomic mass is 9.98. The smallest absolute Gasteiger partial charge is 0.243 e. The first-order chi connectivity index (χ1) is 13.4. The molecule has 0 unspecified atom stereocenters. The fourth-order valence-electron chi connectivity index (χ4n) is 4.66. The topological polar surface area (TPSA) is 60.9 Å². The van der Waals surface area contributed by atoms with Crippen molar-refractivity contribution in [2.45, 2.75) is 56.1 Å². The van der Waals surface area contributed by atoms with Gasteiger partial charge in [0.15, 0.2) is 0 Å². The van der Waals surface area contributed by atoms with Crippen molar-refractivity contribution in [3.05, 3.63) is 59.2 Å². The van der Waals surface area contributed by atoms with Gasteiger partial charge in [0.25, 0.3) is 0 Å². The lowest BCUT2D eigenvalue weighted by molar-refractivity contribution is 0.175. The van der Waals surface area contributed by atoms with Gasteiger partial charge < -0.3 is 5.11 Å². The van der Waals surface area contributed by atoms with Crippen molar-refractivity contribution in [3.63, 3.8) is 0 Å². The fourth-order valence-corrected chi connectivity index (χ4v) is 6.30. The molecule has 0 saturated heterocycles. The summed E-state index contributed by atoms with van der Waals surface area (Å²) >= 11 is 0. The monoisotopic (exact) mass is 436 g/mol. The molecular weight excluding hydrogens is 408 g/mol. The zero-order chi connectivity index (χ0) is 19.9.